The van der Waals surface area contributed by atoms with E-state index in [1.807, 2.05) is 0 Å². The van der Waals surface area contributed by atoms with Crippen molar-refractivity contribution in [1.82, 2.24) is 10.3 Å². The van der Waals surface area contributed by atoms with E-state index in [0.29, 0.717) is 21.5 Å². The van der Waals surface area contributed by atoms with E-state index in [2.05, 4.69) is 15.6 Å². The van der Waals surface area contributed by atoms with Crippen LogP contribution in [0.5, 0.6) is 0 Å². The second kappa shape index (κ2) is 8.52. The largest absolute Gasteiger partial charge is 0.433 e. The second-order valence-corrected chi connectivity index (χ2v) is 7.03. The number of benzene rings is 2. The smallest absolute Gasteiger partial charge is 0.355 e. The molecule has 0 bridgehead atoms. The normalized spacial score (nSPS) is 11.3. The summed E-state index contributed by atoms with van der Waals surface area (Å²) in [4.78, 5) is 27.9. The summed E-state index contributed by atoms with van der Waals surface area (Å²) in [5.41, 5.74) is 0.0149. The molecule has 0 spiro atoms. The lowest BCUT2D eigenvalue weighted by Gasteiger charge is -2.12. The molecule has 2 amide bonds. The number of carbonyl (C=O) groups excluding carboxylic acids is 2. The molecule has 0 aliphatic carbocycles. The lowest BCUT2D eigenvalue weighted by atomic mass is 10.2. The molecule has 29 heavy (non-hydrogen) atoms. The van der Waals surface area contributed by atoms with Gasteiger partial charge in [-0.15, -0.1) is 11.8 Å². The van der Waals surface area contributed by atoms with Gasteiger partial charge >= 0.3 is 6.18 Å². The maximum absolute atomic E-state index is 13.1. The SMILES string of the molecule is CNC(=O)c1cccc(NC(=O)CSc2cc(C(F)(F)F)nc3ccccc23)c1. The molecule has 2 N–H and O–H groups in total. The molecule has 1 aromatic heterocycles. The van der Waals surface area contributed by atoms with Crippen molar-refractivity contribution >= 4 is 40.2 Å². The lowest BCUT2D eigenvalue weighted by molar-refractivity contribution is -0.141. The van der Waals surface area contributed by atoms with Crippen LogP contribution >= 0.6 is 11.8 Å². The fourth-order valence-corrected chi connectivity index (χ4v) is 3.51. The van der Waals surface area contributed by atoms with Crippen molar-refractivity contribution in [2.24, 2.45) is 0 Å². The summed E-state index contributed by atoms with van der Waals surface area (Å²) in [6, 6.07) is 13.8. The summed E-state index contributed by atoms with van der Waals surface area (Å²) < 4.78 is 39.4. The third-order valence-corrected chi connectivity index (χ3v) is 5.02. The van der Waals surface area contributed by atoms with E-state index in [-0.39, 0.29) is 17.2 Å². The maximum atomic E-state index is 13.1. The number of nitrogens with zero attached hydrogens (tertiary/aromatic N) is 1. The van der Waals surface area contributed by atoms with Gasteiger partial charge in [0.05, 0.1) is 11.3 Å². The molecule has 1 heterocycles. The number of rotatable bonds is 5. The zero-order valence-corrected chi connectivity index (χ0v) is 16.0. The molecule has 0 fully saturated rings. The Morgan fingerprint density at radius 1 is 1.07 bits per heavy atom. The Labute approximate surface area is 168 Å². The van der Waals surface area contributed by atoms with Crippen LogP contribution in [0.25, 0.3) is 10.9 Å². The number of para-hydroxylation sites is 1. The second-order valence-electron chi connectivity index (χ2n) is 6.02. The van der Waals surface area contributed by atoms with Gasteiger partial charge in [-0.25, -0.2) is 4.98 Å². The highest BCUT2D eigenvalue weighted by atomic mass is 32.2. The van der Waals surface area contributed by atoms with Gasteiger partial charge in [0.15, 0.2) is 0 Å². The molecular formula is C20H16F3N3O2S. The van der Waals surface area contributed by atoms with Crippen LogP contribution in [0.2, 0.25) is 0 Å². The fraction of sp³-hybridized carbons (Fsp3) is 0.150. The predicted octanol–water partition coefficient (Wildman–Crippen LogP) is 4.34. The molecule has 150 valence electrons. The summed E-state index contributed by atoms with van der Waals surface area (Å²) >= 11 is 0.991. The number of hydrogen-bond donors (Lipinski definition) is 2. The van der Waals surface area contributed by atoms with Crippen LogP contribution in [-0.2, 0) is 11.0 Å². The van der Waals surface area contributed by atoms with E-state index in [4.69, 9.17) is 0 Å². The van der Waals surface area contributed by atoms with Crippen molar-refractivity contribution in [2.75, 3.05) is 18.1 Å². The van der Waals surface area contributed by atoms with Gasteiger partial charge in [0.2, 0.25) is 5.91 Å². The predicted molar refractivity (Wildman–Crippen MR) is 106 cm³/mol. The number of halogens is 3. The van der Waals surface area contributed by atoms with Gasteiger partial charge in [-0.1, -0.05) is 24.3 Å². The standard InChI is InChI=1S/C20H16F3N3O2S/c1-24-19(28)12-5-4-6-13(9-12)25-18(27)11-29-16-10-17(20(21,22)23)26-15-8-3-2-7-14(15)16/h2-10H,11H2,1H3,(H,24,28)(H,25,27). The molecule has 0 radical (unpaired) electrons. The maximum Gasteiger partial charge on any atom is 0.433 e. The molecule has 3 aromatic rings. The van der Waals surface area contributed by atoms with Crippen molar-refractivity contribution in [2.45, 2.75) is 11.1 Å². The van der Waals surface area contributed by atoms with Crippen LogP contribution in [0.4, 0.5) is 18.9 Å². The summed E-state index contributed by atoms with van der Waals surface area (Å²) in [6.45, 7) is 0. The Morgan fingerprint density at radius 2 is 1.83 bits per heavy atom. The van der Waals surface area contributed by atoms with E-state index in [9.17, 15) is 22.8 Å². The molecule has 0 unspecified atom stereocenters. The lowest BCUT2D eigenvalue weighted by Crippen LogP contribution is -2.19. The number of hydrogen-bond acceptors (Lipinski definition) is 4. The number of aromatic nitrogens is 1. The fourth-order valence-electron chi connectivity index (χ4n) is 2.63. The zero-order valence-electron chi connectivity index (χ0n) is 15.2. The monoisotopic (exact) mass is 419 g/mol. The van der Waals surface area contributed by atoms with Gasteiger partial charge < -0.3 is 10.6 Å². The Bertz CT molecular complexity index is 1070. The van der Waals surface area contributed by atoms with Crippen molar-refractivity contribution in [1.29, 1.82) is 0 Å². The van der Waals surface area contributed by atoms with Gasteiger partial charge in [0.1, 0.15) is 5.69 Å². The van der Waals surface area contributed by atoms with Gasteiger partial charge in [0.25, 0.3) is 5.91 Å². The molecule has 9 heteroatoms. The third-order valence-electron chi connectivity index (χ3n) is 3.96. The first-order valence-corrected chi connectivity index (χ1v) is 9.48. The van der Waals surface area contributed by atoms with E-state index in [1.165, 1.54) is 19.2 Å². The number of nitrogens with one attached hydrogen (secondary N) is 2. The van der Waals surface area contributed by atoms with Crippen molar-refractivity contribution < 1.29 is 22.8 Å². The minimum Gasteiger partial charge on any atom is -0.355 e. The van der Waals surface area contributed by atoms with Gasteiger partial charge in [-0.05, 0) is 30.3 Å². The highest BCUT2D eigenvalue weighted by Crippen LogP contribution is 2.34. The van der Waals surface area contributed by atoms with Gasteiger partial charge in [-0.2, -0.15) is 13.2 Å². The number of fused-ring (bicyclic) bond motifs is 1. The van der Waals surface area contributed by atoms with E-state index in [0.717, 1.165) is 17.8 Å². The first-order valence-electron chi connectivity index (χ1n) is 8.49. The Balaban J connectivity index is 1.77. The van der Waals surface area contributed by atoms with Crippen molar-refractivity contribution in [3.05, 3.63) is 65.9 Å². The van der Waals surface area contributed by atoms with Crippen LogP contribution in [-0.4, -0.2) is 29.6 Å². The van der Waals surface area contributed by atoms with Crippen molar-refractivity contribution in [3.8, 4) is 0 Å². The molecular weight excluding hydrogens is 403 g/mol. The average molecular weight is 419 g/mol. The summed E-state index contributed by atoms with van der Waals surface area (Å²) in [5.74, 6) is -0.799. The molecule has 2 aromatic carbocycles. The molecule has 0 saturated heterocycles. The van der Waals surface area contributed by atoms with Crippen LogP contribution in [0.1, 0.15) is 16.1 Å². The highest BCUT2D eigenvalue weighted by molar-refractivity contribution is 8.00. The molecule has 0 saturated carbocycles. The first kappa shape index (κ1) is 20.7. The summed E-state index contributed by atoms with van der Waals surface area (Å²) in [7, 11) is 1.50. The quantitative estimate of drug-likeness (QED) is 0.604. The van der Waals surface area contributed by atoms with Crippen LogP contribution < -0.4 is 10.6 Å². The average Bonchev–Trinajstić information content (AvgIpc) is 2.70. The minimum absolute atomic E-state index is 0.102. The van der Waals surface area contributed by atoms with Gasteiger partial charge in [0, 0.05) is 28.6 Å². The number of thioether (sulfide) groups is 1. The molecule has 0 atom stereocenters. The number of anilines is 1. The highest BCUT2D eigenvalue weighted by Gasteiger charge is 2.33. The molecule has 3 rings (SSSR count). The first-order chi connectivity index (χ1) is 13.8. The van der Waals surface area contributed by atoms with Gasteiger partial charge in [-0.3, -0.25) is 9.59 Å². The number of amides is 2. The van der Waals surface area contributed by atoms with Crippen LogP contribution in [0.15, 0.2) is 59.5 Å². The minimum atomic E-state index is -4.58. The van der Waals surface area contributed by atoms with E-state index < -0.39 is 17.8 Å². The number of carbonyl (C=O) groups is 2. The molecule has 0 aliphatic rings. The Hall–Kier alpha value is -3.07. The molecule has 5 nitrogen and oxygen atoms in total. The molecule has 0 aliphatic heterocycles. The summed E-state index contributed by atoms with van der Waals surface area (Å²) in [5, 5.41) is 5.68. The Morgan fingerprint density at radius 3 is 2.55 bits per heavy atom. The van der Waals surface area contributed by atoms with E-state index in [1.54, 1.807) is 36.4 Å². The topological polar surface area (TPSA) is 71.1 Å². The van der Waals surface area contributed by atoms with E-state index >= 15 is 0 Å². The Kier molecular flexibility index (Phi) is 6.07. The zero-order chi connectivity index (χ0) is 21.0. The summed E-state index contributed by atoms with van der Waals surface area (Å²) in [6.07, 6.45) is -4.58. The van der Waals surface area contributed by atoms with Crippen molar-refractivity contribution in [3.63, 3.8) is 0 Å². The van der Waals surface area contributed by atoms with Crippen LogP contribution in [0, 0.1) is 0 Å². The number of alkyl halides is 3. The third kappa shape index (κ3) is 5.05. The van der Waals surface area contributed by atoms with Crippen LogP contribution in [0.3, 0.4) is 0 Å². The number of pyridine rings is 1.